The van der Waals surface area contributed by atoms with Gasteiger partial charge in [-0.2, -0.15) is 4.98 Å². The Morgan fingerprint density at radius 2 is 1.95 bits per heavy atom. The summed E-state index contributed by atoms with van der Waals surface area (Å²) < 4.78 is 5.41. The molecule has 112 valence electrons. The summed E-state index contributed by atoms with van der Waals surface area (Å²) >= 11 is 0. The van der Waals surface area contributed by atoms with Crippen LogP contribution in [0.4, 0.5) is 0 Å². The first kappa shape index (κ1) is 14.0. The van der Waals surface area contributed by atoms with Gasteiger partial charge in [0.1, 0.15) is 0 Å². The predicted octanol–water partition coefficient (Wildman–Crippen LogP) is 2.32. The molecule has 2 aliphatic rings. The van der Waals surface area contributed by atoms with Gasteiger partial charge in [-0.3, -0.25) is 4.90 Å². The molecule has 1 aliphatic carbocycles. The molecule has 1 N–H and O–H groups in total. The minimum absolute atomic E-state index is 0.106. The highest BCUT2D eigenvalue weighted by Gasteiger charge is 2.47. The molecule has 1 aromatic heterocycles. The van der Waals surface area contributed by atoms with E-state index in [0.717, 1.165) is 18.3 Å². The highest BCUT2D eigenvalue weighted by Crippen LogP contribution is 2.39. The fourth-order valence-corrected chi connectivity index (χ4v) is 3.42. The Bertz CT molecular complexity index is 459. The predicted molar refractivity (Wildman–Crippen MR) is 75.2 cm³/mol. The second-order valence-electron chi connectivity index (χ2n) is 7.33. The van der Waals surface area contributed by atoms with E-state index >= 15 is 0 Å². The van der Waals surface area contributed by atoms with Crippen molar-refractivity contribution in [2.24, 2.45) is 5.41 Å². The Morgan fingerprint density at radius 3 is 2.55 bits per heavy atom. The number of hydrogen-bond donors (Lipinski definition) is 1. The van der Waals surface area contributed by atoms with Crippen molar-refractivity contribution in [3.8, 4) is 0 Å². The second-order valence-corrected chi connectivity index (χ2v) is 7.33. The smallest absolute Gasteiger partial charge is 0.229 e. The van der Waals surface area contributed by atoms with Gasteiger partial charge in [-0.05, 0) is 19.8 Å². The van der Waals surface area contributed by atoms with E-state index in [4.69, 9.17) is 4.52 Å². The summed E-state index contributed by atoms with van der Waals surface area (Å²) in [7, 11) is 0. The van der Waals surface area contributed by atoms with Gasteiger partial charge >= 0.3 is 0 Å². The monoisotopic (exact) mass is 279 g/mol. The Morgan fingerprint density at radius 1 is 1.25 bits per heavy atom. The molecular weight excluding hydrogens is 254 g/mol. The van der Waals surface area contributed by atoms with Crippen molar-refractivity contribution in [3.05, 3.63) is 11.7 Å². The number of nitrogens with zero attached hydrogens (tertiary/aromatic N) is 3. The minimum atomic E-state index is -0.662. The van der Waals surface area contributed by atoms with E-state index in [1.807, 2.05) is 6.92 Å². The molecule has 1 aliphatic heterocycles. The van der Waals surface area contributed by atoms with Crippen LogP contribution in [0.5, 0.6) is 0 Å². The van der Waals surface area contributed by atoms with Crippen LogP contribution in [0, 0.1) is 5.41 Å². The number of aromatic nitrogens is 2. The molecule has 2 fully saturated rings. The normalized spacial score (nSPS) is 31.2. The second kappa shape index (κ2) is 4.81. The summed E-state index contributed by atoms with van der Waals surface area (Å²) in [5.74, 6) is 2.03. The summed E-state index contributed by atoms with van der Waals surface area (Å²) in [4.78, 5) is 6.76. The van der Waals surface area contributed by atoms with E-state index in [1.165, 1.54) is 25.7 Å². The van der Waals surface area contributed by atoms with Crippen LogP contribution in [-0.2, 0) is 6.54 Å². The molecule has 1 saturated heterocycles. The maximum absolute atomic E-state index is 10.4. The lowest BCUT2D eigenvalue weighted by Gasteiger charge is -2.31. The van der Waals surface area contributed by atoms with Crippen molar-refractivity contribution < 1.29 is 9.63 Å². The Balaban J connectivity index is 1.64. The summed E-state index contributed by atoms with van der Waals surface area (Å²) in [5.41, 5.74) is -0.768. The van der Waals surface area contributed by atoms with Gasteiger partial charge in [0.2, 0.25) is 5.89 Å². The van der Waals surface area contributed by atoms with Crippen LogP contribution in [0.15, 0.2) is 4.52 Å². The highest BCUT2D eigenvalue weighted by atomic mass is 16.5. The van der Waals surface area contributed by atoms with Gasteiger partial charge in [0.25, 0.3) is 0 Å². The van der Waals surface area contributed by atoms with Crippen molar-refractivity contribution in [3.63, 3.8) is 0 Å². The number of rotatable bonds is 3. The first-order chi connectivity index (χ1) is 9.37. The standard InChI is InChI=1S/C15H25N3O2/c1-14(2)9-18(10-15(14,3)19)8-12-16-13(20-17-12)11-6-4-5-7-11/h11,19H,4-10H2,1-3H3/t15-/m1/s1. The molecule has 20 heavy (non-hydrogen) atoms. The molecule has 0 aromatic carbocycles. The lowest BCUT2D eigenvalue weighted by molar-refractivity contribution is -0.0111. The topological polar surface area (TPSA) is 62.4 Å². The van der Waals surface area contributed by atoms with E-state index in [1.54, 1.807) is 0 Å². The summed E-state index contributed by atoms with van der Waals surface area (Å²) in [6.07, 6.45) is 4.89. The van der Waals surface area contributed by atoms with E-state index in [-0.39, 0.29) is 5.41 Å². The molecule has 1 aromatic rings. The molecule has 1 saturated carbocycles. The fraction of sp³-hybridized carbons (Fsp3) is 0.867. The van der Waals surface area contributed by atoms with Gasteiger partial charge in [0, 0.05) is 24.4 Å². The third kappa shape index (κ3) is 2.49. The van der Waals surface area contributed by atoms with Crippen LogP contribution >= 0.6 is 0 Å². The van der Waals surface area contributed by atoms with Gasteiger partial charge in [-0.1, -0.05) is 31.8 Å². The molecule has 0 unspecified atom stereocenters. The number of hydrogen-bond acceptors (Lipinski definition) is 5. The Labute approximate surface area is 120 Å². The van der Waals surface area contributed by atoms with Gasteiger partial charge < -0.3 is 9.63 Å². The van der Waals surface area contributed by atoms with Crippen molar-refractivity contribution in [1.82, 2.24) is 15.0 Å². The van der Waals surface area contributed by atoms with Gasteiger partial charge in [0.15, 0.2) is 5.82 Å². The summed E-state index contributed by atoms with van der Waals surface area (Å²) in [5, 5.41) is 14.6. The fourth-order valence-electron chi connectivity index (χ4n) is 3.42. The number of aliphatic hydroxyl groups is 1. The van der Waals surface area contributed by atoms with Crippen molar-refractivity contribution in [2.75, 3.05) is 13.1 Å². The molecule has 2 heterocycles. The highest BCUT2D eigenvalue weighted by molar-refractivity contribution is 5.02. The number of likely N-dealkylation sites (tertiary alicyclic amines) is 1. The zero-order valence-corrected chi connectivity index (χ0v) is 12.7. The first-order valence-corrected chi connectivity index (χ1v) is 7.65. The van der Waals surface area contributed by atoms with Gasteiger partial charge in [-0.15, -0.1) is 0 Å². The molecule has 0 amide bonds. The quantitative estimate of drug-likeness (QED) is 0.920. The van der Waals surface area contributed by atoms with Crippen molar-refractivity contribution in [1.29, 1.82) is 0 Å². The maximum Gasteiger partial charge on any atom is 0.229 e. The average Bonchev–Trinajstić information content (AvgIpc) is 2.98. The third-order valence-electron chi connectivity index (χ3n) is 5.16. The van der Waals surface area contributed by atoms with Crippen LogP contribution < -0.4 is 0 Å². The van der Waals surface area contributed by atoms with Crippen LogP contribution in [-0.4, -0.2) is 38.8 Å². The van der Waals surface area contributed by atoms with E-state index in [9.17, 15) is 5.11 Å². The SMILES string of the molecule is CC1(C)CN(Cc2noc(C3CCCC3)n2)C[C@@]1(C)O. The van der Waals surface area contributed by atoms with Crippen molar-refractivity contribution >= 4 is 0 Å². The Hall–Kier alpha value is -0.940. The van der Waals surface area contributed by atoms with Crippen LogP contribution in [0.1, 0.15) is 64.1 Å². The molecule has 3 rings (SSSR count). The van der Waals surface area contributed by atoms with Gasteiger partial charge in [-0.25, -0.2) is 0 Å². The van der Waals surface area contributed by atoms with E-state index in [2.05, 4.69) is 28.9 Å². The zero-order chi connectivity index (χ0) is 14.4. The van der Waals surface area contributed by atoms with Crippen LogP contribution in [0.2, 0.25) is 0 Å². The molecule has 1 atom stereocenters. The largest absolute Gasteiger partial charge is 0.388 e. The molecule has 5 nitrogen and oxygen atoms in total. The summed E-state index contributed by atoms with van der Waals surface area (Å²) in [6, 6.07) is 0. The first-order valence-electron chi connectivity index (χ1n) is 7.65. The zero-order valence-electron chi connectivity index (χ0n) is 12.7. The maximum atomic E-state index is 10.4. The lowest BCUT2D eigenvalue weighted by atomic mass is 9.79. The van der Waals surface area contributed by atoms with Crippen molar-refractivity contribution in [2.45, 2.75) is 64.5 Å². The van der Waals surface area contributed by atoms with E-state index in [0.29, 0.717) is 19.0 Å². The third-order valence-corrected chi connectivity index (χ3v) is 5.16. The van der Waals surface area contributed by atoms with Gasteiger partial charge in [0.05, 0.1) is 12.1 Å². The van der Waals surface area contributed by atoms with Crippen LogP contribution in [0.3, 0.4) is 0 Å². The molecular formula is C15H25N3O2. The minimum Gasteiger partial charge on any atom is -0.388 e. The average molecular weight is 279 g/mol. The van der Waals surface area contributed by atoms with E-state index < -0.39 is 5.60 Å². The molecule has 0 radical (unpaired) electrons. The molecule has 0 bridgehead atoms. The van der Waals surface area contributed by atoms with Crippen LogP contribution in [0.25, 0.3) is 0 Å². The number of β-amino-alcohol motifs (C(OH)–C–C–N with tert-alkyl or cyclic N) is 1. The molecule has 0 spiro atoms. The lowest BCUT2D eigenvalue weighted by Crippen LogP contribution is -2.40. The Kier molecular flexibility index (Phi) is 3.37. The summed E-state index contributed by atoms with van der Waals surface area (Å²) in [6.45, 7) is 8.30. The molecule has 5 heteroatoms.